The summed E-state index contributed by atoms with van der Waals surface area (Å²) in [6.45, 7) is 3.53. The molecular weight excluding hydrogens is 282 g/mol. The van der Waals surface area contributed by atoms with Gasteiger partial charge in [0.1, 0.15) is 16.7 Å². The third kappa shape index (κ3) is 4.07. The third-order valence-corrected chi connectivity index (χ3v) is 2.58. The Morgan fingerprint density at radius 1 is 1.55 bits per heavy atom. The lowest BCUT2D eigenvalue weighted by molar-refractivity contribution is -0.384. The fourth-order valence-electron chi connectivity index (χ4n) is 1.41. The van der Waals surface area contributed by atoms with Gasteiger partial charge in [-0.2, -0.15) is 5.26 Å². The Balaban J connectivity index is 3.14. The van der Waals surface area contributed by atoms with Gasteiger partial charge in [0.05, 0.1) is 4.92 Å². The van der Waals surface area contributed by atoms with E-state index in [0.717, 1.165) is 0 Å². The van der Waals surface area contributed by atoms with Crippen molar-refractivity contribution in [2.45, 2.75) is 19.9 Å². The highest BCUT2D eigenvalue weighted by Gasteiger charge is 2.14. The monoisotopic (exact) mass is 293 g/mol. The standard InChI is InChI=1S/C13H12ClN3O3/c1-8(2)16-13(18)10(7-15)5-9-3-4-11(14)12(6-9)17(19)20/h3-6,8H,1-2H3,(H,16,18). The summed E-state index contributed by atoms with van der Waals surface area (Å²) in [4.78, 5) is 21.9. The van der Waals surface area contributed by atoms with E-state index < -0.39 is 10.8 Å². The van der Waals surface area contributed by atoms with Crippen molar-refractivity contribution in [1.29, 1.82) is 5.26 Å². The second-order valence-corrected chi connectivity index (χ2v) is 4.67. The van der Waals surface area contributed by atoms with Crippen molar-refractivity contribution in [2.24, 2.45) is 0 Å². The molecule has 0 radical (unpaired) electrons. The number of nitriles is 1. The first-order valence-electron chi connectivity index (χ1n) is 5.71. The minimum absolute atomic E-state index is 0.00251. The summed E-state index contributed by atoms with van der Waals surface area (Å²) < 4.78 is 0. The zero-order chi connectivity index (χ0) is 15.3. The van der Waals surface area contributed by atoms with Crippen LogP contribution in [0.25, 0.3) is 6.08 Å². The fourth-order valence-corrected chi connectivity index (χ4v) is 1.60. The first kappa shape index (κ1) is 15.7. The van der Waals surface area contributed by atoms with Crippen molar-refractivity contribution in [2.75, 3.05) is 0 Å². The van der Waals surface area contributed by atoms with Crippen molar-refractivity contribution in [3.63, 3.8) is 0 Å². The topological polar surface area (TPSA) is 96.0 Å². The van der Waals surface area contributed by atoms with E-state index >= 15 is 0 Å². The van der Waals surface area contributed by atoms with Crippen LogP contribution in [-0.2, 0) is 4.79 Å². The normalized spacial score (nSPS) is 11.1. The highest BCUT2D eigenvalue weighted by molar-refractivity contribution is 6.32. The molecule has 1 aromatic rings. The molecule has 0 fully saturated rings. The van der Waals surface area contributed by atoms with Gasteiger partial charge >= 0.3 is 0 Å². The minimum Gasteiger partial charge on any atom is -0.349 e. The number of benzene rings is 1. The van der Waals surface area contributed by atoms with Crippen molar-refractivity contribution < 1.29 is 9.72 Å². The van der Waals surface area contributed by atoms with E-state index in [1.54, 1.807) is 19.9 Å². The van der Waals surface area contributed by atoms with Gasteiger partial charge in [-0.1, -0.05) is 17.7 Å². The van der Waals surface area contributed by atoms with E-state index in [9.17, 15) is 14.9 Å². The Morgan fingerprint density at radius 2 is 2.20 bits per heavy atom. The summed E-state index contributed by atoms with van der Waals surface area (Å²) >= 11 is 5.69. The van der Waals surface area contributed by atoms with Gasteiger partial charge in [0.15, 0.2) is 0 Å². The van der Waals surface area contributed by atoms with Crippen LogP contribution in [0, 0.1) is 21.4 Å². The summed E-state index contributed by atoms with van der Waals surface area (Å²) in [5.41, 5.74) is -0.0474. The number of nitro benzene ring substituents is 1. The molecule has 20 heavy (non-hydrogen) atoms. The second-order valence-electron chi connectivity index (χ2n) is 4.27. The molecule has 0 aliphatic rings. The maximum absolute atomic E-state index is 11.7. The lowest BCUT2D eigenvalue weighted by atomic mass is 10.1. The molecule has 0 aromatic heterocycles. The number of nitrogens with zero attached hydrogens (tertiary/aromatic N) is 2. The molecule has 0 spiro atoms. The Morgan fingerprint density at radius 3 is 2.70 bits per heavy atom. The van der Waals surface area contributed by atoms with Crippen LogP contribution in [0.3, 0.4) is 0 Å². The number of carbonyl (C=O) groups is 1. The molecule has 0 saturated carbocycles. The van der Waals surface area contributed by atoms with Crippen LogP contribution >= 0.6 is 11.6 Å². The molecule has 1 amide bonds. The van der Waals surface area contributed by atoms with Crippen LogP contribution in [0.1, 0.15) is 19.4 Å². The molecule has 104 valence electrons. The van der Waals surface area contributed by atoms with Gasteiger partial charge in [-0.05, 0) is 31.6 Å². The average molecular weight is 294 g/mol. The van der Waals surface area contributed by atoms with E-state index in [0.29, 0.717) is 5.56 Å². The van der Waals surface area contributed by atoms with Crippen molar-refractivity contribution in [1.82, 2.24) is 5.32 Å². The highest BCUT2D eigenvalue weighted by atomic mass is 35.5. The largest absolute Gasteiger partial charge is 0.349 e. The Hall–Kier alpha value is -2.39. The number of nitrogens with one attached hydrogen (secondary N) is 1. The molecule has 0 unspecified atom stereocenters. The van der Waals surface area contributed by atoms with Gasteiger partial charge in [-0.25, -0.2) is 0 Å². The number of hydrogen-bond donors (Lipinski definition) is 1. The third-order valence-electron chi connectivity index (χ3n) is 2.26. The predicted molar refractivity (Wildman–Crippen MR) is 75.0 cm³/mol. The smallest absolute Gasteiger partial charge is 0.288 e. The molecule has 0 atom stereocenters. The number of amides is 1. The first-order chi connectivity index (χ1) is 9.35. The maximum Gasteiger partial charge on any atom is 0.288 e. The molecular formula is C13H12ClN3O3. The van der Waals surface area contributed by atoms with Crippen LogP contribution in [0.5, 0.6) is 0 Å². The average Bonchev–Trinajstić information content (AvgIpc) is 2.36. The van der Waals surface area contributed by atoms with Crippen LogP contribution in [-0.4, -0.2) is 16.9 Å². The quantitative estimate of drug-likeness (QED) is 0.399. The molecule has 1 N–H and O–H groups in total. The Labute approximate surface area is 120 Å². The summed E-state index contributed by atoms with van der Waals surface area (Å²) in [5.74, 6) is -0.528. The van der Waals surface area contributed by atoms with Gasteiger partial charge in [-0.15, -0.1) is 0 Å². The Kier molecular flexibility index (Phi) is 5.23. The van der Waals surface area contributed by atoms with Crippen molar-refractivity contribution in [3.05, 3.63) is 44.5 Å². The molecule has 0 bridgehead atoms. The molecule has 6 nitrogen and oxygen atoms in total. The summed E-state index contributed by atoms with van der Waals surface area (Å²) in [7, 11) is 0. The van der Waals surface area contributed by atoms with Crippen LogP contribution < -0.4 is 5.32 Å². The lowest BCUT2D eigenvalue weighted by Gasteiger charge is -2.06. The fraction of sp³-hybridized carbons (Fsp3) is 0.231. The molecule has 7 heteroatoms. The second kappa shape index (κ2) is 6.68. The maximum atomic E-state index is 11.7. The Bertz CT molecular complexity index is 618. The molecule has 0 saturated heterocycles. The van der Waals surface area contributed by atoms with Gasteiger partial charge < -0.3 is 5.32 Å². The molecule has 0 aliphatic heterocycles. The number of halogens is 1. The van der Waals surface area contributed by atoms with Gasteiger partial charge in [-0.3, -0.25) is 14.9 Å². The zero-order valence-electron chi connectivity index (χ0n) is 10.9. The van der Waals surface area contributed by atoms with Crippen LogP contribution in [0.15, 0.2) is 23.8 Å². The van der Waals surface area contributed by atoms with E-state index in [1.165, 1.54) is 24.3 Å². The zero-order valence-corrected chi connectivity index (χ0v) is 11.6. The summed E-state index contributed by atoms with van der Waals surface area (Å²) in [6, 6.07) is 5.71. The number of hydrogen-bond acceptors (Lipinski definition) is 4. The SMILES string of the molecule is CC(C)NC(=O)C(C#N)=Cc1ccc(Cl)c([N+](=O)[O-])c1. The van der Waals surface area contributed by atoms with E-state index in [1.807, 2.05) is 0 Å². The van der Waals surface area contributed by atoms with E-state index in [4.69, 9.17) is 16.9 Å². The molecule has 0 heterocycles. The van der Waals surface area contributed by atoms with Gasteiger partial charge in [0.2, 0.25) is 0 Å². The van der Waals surface area contributed by atoms with Gasteiger partial charge in [0, 0.05) is 12.1 Å². The van der Waals surface area contributed by atoms with E-state index in [2.05, 4.69) is 5.32 Å². The van der Waals surface area contributed by atoms with E-state index in [-0.39, 0.29) is 22.3 Å². The number of carbonyl (C=O) groups excluding carboxylic acids is 1. The lowest BCUT2D eigenvalue weighted by Crippen LogP contribution is -2.30. The van der Waals surface area contributed by atoms with Crippen LogP contribution in [0.2, 0.25) is 5.02 Å². The predicted octanol–water partition coefficient (Wildman–Crippen LogP) is 2.68. The summed E-state index contributed by atoms with van der Waals surface area (Å²) in [6.07, 6.45) is 1.28. The molecule has 0 aliphatic carbocycles. The minimum atomic E-state index is -0.625. The molecule has 1 rings (SSSR count). The van der Waals surface area contributed by atoms with Crippen molar-refractivity contribution in [3.8, 4) is 6.07 Å². The first-order valence-corrected chi connectivity index (χ1v) is 6.09. The highest BCUT2D eigenvalue weighted by Crippen LogP contribution is 2.26. The van der Waals surface area contributed by atoms with Crippen molar-refractivity contribution >= 4 is 29.3 Å². The summed E-state index contributed by atoms with van der Waals surface area (Å²) in [5, 5.41) is 22.3. The number of nitro groups is 1. The molecule has 1 aromatic carbocycles. The number of rotatable bonds is 4. The van der Waals surface area contributed by atoms with Gasteiger partial charge in [0.25, 0.3) is 11.6 Å². The van der Waals surface area contributed by atoms with Crippen LogP contribution in [0.4, 0.5) is 5.69 Å².